The van der Waals surface area contributed by atoms with Gasteiger partial charge in [-0.2, -0.15) is 4.31 Å². The molecule has 1 amide bonds. The van der Waals surface area contributed by atoms with Gasteiger partial charge in [-0.05, 0) is 31.9 Å². The normalized spacial score (nSPS) is 20.3. The Hall–Kier alpha value is -1.48. The molecule has 1 saturated carbocycles. The third kappa shape index (κ3) is 4.56. The van der Waals surface area contributed by atoms with Gasteiger partial charge in [0.25, 0.3) is 0 Å². The van der Waals surface area contributed by atoms with Crippen LogP contribution in [0.1, 0.15) is 49.4 Å². The predicted molar refractivity (Wildman–Crippen MR) is 109 cm³/mol. The van der Waals surface area contributed by atoms with Crippen molar-refractivity contribution in [3.8, 4) is 0 Å². The summed E-state index contributed by atoms with van der Waals surface area (Å²) in [6, 6.07) is 5.97. The number of sulfonamides is 1. The van der Waals surface area contributed by atoms with E-state index in [0.717, 1.165) is 19.3 Å². The summed E-state index contributed by atoms with van der Waals surface area (Å²) in [4.78, 5) is 26.0. The van der Waals surface area contributed by atoms with Crippen molar-refractivity contribution < 1.29 is 18.0 Å². The number of Topliss-reactive ketones (excluding diaryl/α,β-unsaturated/α-hetero) is 1. The molecule has 2 N–H and O–H groups in total. The second-order valence-corrected chi connectivity index (χ2v) is 9.43. The smallest absolute Gasteiger partial charge is 0.243 e. The highest BCUT2D eigenvalue weighted by molar-refractivity contribution is 7.89. The zero-order valence-corrected chi connectivity index (χ0v) is 17.7. The second kappa shape index (κ2) is 8.90. The summed E-state index contributed by atoms with van der Waals surface area (Å²) in [6.45, 7) is 2.64. The fraction of sp³-hybridized carbons (Fsp3) is 0.579. The molecule has 1 aliphatic heterocycles. The first-order chi connectivity index (χ1) is 12.7. The molecule has 1 aliphatic carbocycles. The van der Waals surface area contributed by atoms with Gasteiger partial charge >= 0.3 is 0 Å². The topological polar surface area (TPSA) is 101 Å². The first-order valence-electron chi connectivity index (χ1n) is 9.43. The van der Waals surface area contributed by atoms with Crippen molar-refractivity contribution in [3.63, 3.8) is 0 Å². The largest absolute Gasteiger partial charge is 0.338 e. The summed E-state index contributed by atoms with van der Waals surface area (Å²) in [5.74, 6) is -0.158. The number of carbonyl (C=O) groups is 2. The number of piperazine rings is 1. The average molecular weight is 430 g/mol. The number of hydrogen-bond acceptors (Lipinski definition) is 5. The second-order valence-electron chi connectivity index (χ2n) is 7.49. The number of nitrogens with two attached hydrogens (primary N) is 1. The predicted octanol–water partition coefficient (Wildman–Crippen LogP) is 1.81. The van der Waals surface area contributed by atoms with E-state index in [-0.39, 0.29) is 42.1 Å². The van der Waals surface area contributed by atoms with E-state index in [1.165, 1.54) is 35.5 Å². The summed E-state index contributed by atoms with van der Waals surface area (Å²) in [6.07, 6.45) is 4.44. The van der Waals surface area contributed by atoms with E-state index >= 15 is 0 Å². The lowest BCUT2D eigenvalue weighted by Crippen LogP contribution is -2.60. The molecule has 9 heteroatoms. The molecule has 3 rings (SSSR count). The molecular formula is C19H28ClN3O4S. The fourth-order valence-electron chi connectivity index (χ4n) is 3.85. The summed E-state index contributed by atoms with van der Waals surface area (Å²) < 4.78 is 27.0. The molecule has 1 saturated heterocycles. The molecule has 7 nitrogen and oxygen atoms in total. The third-order valence-corrected chi connectivity index (χ3v) is 7.51. The van der Waals surface area contributed by atoms with Gasteiger partial charge in [-0.3, -0.25) is 9.59 Å². The van der Waals surface area contributed by atoms with Crippen LogP contribution < -0.4 is 5.73 Å². The first kappa shape index (κ1) is 22.8. The Labute approximate surface area is 172 Å². The quantitative estimate of drug-likeness (QED) is 0.735. The van der Waals surface area contributed by atoms with E-state index in [0.29, 0.717) is 31.5 Å². The molecule has 0 aromatic heterocycles. The molecule has 156 valence electrons. The maximum atomic E-state index is 12.8. The van der Waals surface area contributed by atoms with Gasteiger partial charge in [-0.1, -0.05) is 31.4 Å². The minimum absolute atomic E-state index is 0. The van der Waals surface area contributed by atoms with Gasteiger partial charge in [-0.15, -0.1) is 12.4 Å². The lowest BCUT2D eigenvalue weighted by atomic mass is 9.81. The van der Waals surface area contributed by atoms with E-state index in [2.05, 4.69) is 0 Å². The van der Waals surface area contributed by atoms with Gasteiger partial charge in [0.2, 0.25) is 15.9 Å². The van der Waals surface area contributed by atoms with Crippen LogP contribution in [0.5, 0.6) is 0 Å². The number of rotatable bonds is 4. The summed E-state index contributed by atoms with van der Waals surface area (Å²) in [7, 11) is -3.64. The van der Waals surface area contributed by atoms with Gasteiger partial charge in [0.05, 0.1) is 10.4 Å². The summed E-state index contributed by atoms with van der Waals surface area (Å²) in [5.41, 5.74) is 6.02. The van der Waals surface area contributed by atoms with E-state index < -0.39 is 15.6 Å². The highest BCUT2D eigenvalue weighted by atomic mass is 35.5. The molecule has 0 bridgehead atoms. The van der Waals surface area contributed by atoms with Crippen molar-refractivity contribution in [1.29, 1.82) is 0 Å². The van der Waals surface area contributed by atoms with Crippen molar-refractivity contribution in [3.05, 3.63) is 29.8 Å². The Balaban J connectivity index is 0.00000280. The SMILES string of the molecule is CC(=O)c1ccc(S(=O)(=O)N2CCN(C(=O)C3(N)CCCCC3)CC2)cc1.Cl. The minimum atomic E-state index is -3.64. The standard InChI is InChI=1S/C19H27N3O4S.ClH/c1-15(23)16-5-7-17(8-6-16)27(25,26)22-13-11-21(12-14-22)18(24)19(20)9-3-2-4-10-19;/h5-8H,2-4,9-14,20H2,1H3;1H. The maximum absolute atomic E-state index is 12.8. The molecule has 1 heterocycles. The van der Waals surface area contributed by atoms with E-state index in [4.69, 9.17) is 5.73 Å². The van der Waals surface area contributed by atoms with Crippen LogP contribution in [-0.2, 0) is 14.8 Å². The lowest BCUT2D eigenvalue weighted by Gasteiger charge is -2.40. The molecule has 0 radical (unpaired) electrons. The number of carbonyl (C=O) groups excluding carboxylic acids is 2. The number of halogens is 1. The van der Waals surface area contributed by atoms with Gasteiger partial charge < -0.3 is 10.6 Å². The number of hydrogen-bond donors (Lipinski definition) is 1. The van der Waals surface area contributed by atoms with Gasteiger partial charge in [0.1, 0.15) is 0 Å². The molecule has 28 heavy (non-hydrogen) atoms. The molecular weight excluding hydrogens is 402 g/mol. The fourth-order valence-corrected chi connectivity index (χ4v) is 5.28. The molecule has 0 unspecified atom stereocenters. The van der Waals surface area contributed by atoms with Crippen LogP contribution in [0, 0.1) is 0 Å². The van der Waals surface area contributed by atoms with E-state index in [1.54, 1.807) is 4.90 Å². The lowest BCUT2D eigenvalue weighted by molar-refractivity contribution is -0.139. The Kier molecular flexibility index (Phi) is 7.25. The molecule has 2 aliphatic rings. The van der Waals surface area contributed by atoms with Crippen molar-refractivity contribution >= 4 is 34.1 Å². The number of ketones is 1. The van der Waals surface area contributed by atoms with Gasteiger partial charge in [-0.25, -0.2) is 8.42 Å². The number of benzene rings is 1. The number of nitrogens with zero attached hydrogens (tertiary/aromatic N) is 2. The Morgan fingerprint density at radius 2 is 1.50 bits per heavy atom. The van der Waals surface area contributed by atoms with Crippen LogP contribution in [0.2, 0.25) is 0 Å². The zero-order chi connectivity index (χ0) is 19.7. The van der Waals surface area contributed by atoms with Crippen LogP contribution in [0.3, 0.4) is 0 Å². The molecule has 0 spiro atoms. The van der Waals surface area contributed by atoms with Gasteiger partial charge in [0, 0.05) is 31.7 Å². The Morgan fingerprint density at radius 1 is 0.964 bits per heavy atom. The van der Waals surface area contributed by atoms with Crippen LogP contribution in [0.15, 0.2) is 29.2 Å². The van der Waals surface area contributed by atoms with E-state index in [9.17, 15) is 18.0 Å². The highest BCUT2D eigenvalue weighted by Crippen LogP contribution is 2.28. The molecule has 2 fully saturated rings. The number of amides is 1. The summed E-state index contributed by atoms with van der Waals surface area (Å²) >= 11 is 0. The maximum Gasteiger partial charge on any atom is 0.243 e. The Bertz CT molecular complexity index is 812. The van der Waals surface area contributed by atoms with Crippen molar-refractivity contribution in [2.75, 3.05) is 26.2 Å². The van der Waals surface area contributed by atoms with Crippen LogP contribution in [0.25, 0.3) is 0 Å². The van der Waals surface area contributed by atoms with Crippen molar-refractivity contribution in [2.24, 2.45) is 5.73 Å². The molecule has 1 aromatic rings. The molecule has 0 atom stereocenters. The average Bonchev–Trinajstić information content (AvgIpc) is 2.68. The van der Waals surface area contributed by atoms with Crippen molar-refractivity contribution in [1.82, 2.24) is 9.21 Å². The minimum Gasteiger partial charge on any atom is -0.338 e. The van der Waals surface area contributed by atoms with Crippen LogP contribution >= 0.6 is 12.4 Å². The van der Waals surface area contributed by atoms with Crippen LogP contribution in [0.4, 0.5) is 0 Å². The molecule has 1 aromatic carbocycles. The highest BCUT2D eigenvalue weighted by Gasteiger charge is 2.40. The van der Waals surface area contributed by atoms with E-state index in [1.807, 2.05) is 0 Å². The van der Waals surface area contributed by atoms with Crippen LogP contribution in [-0.4, -0.2) is 61.0 Å². The van der Waals surface area contributed by atoms with Crippen molar-refractivity contribution in [2.45, 2.75) is 49.5 Å². The van der Waals surface area contributed by atoms with Gasteiger partial charge in [0.15, 0.2) is 5.78 Å². The zero-order valence-electron chi connectivity index (χ0n) is 16.1. The third-order valence-electron chi connectivity index (χ3n) is 5.60. The monoisotopic (exact) mass is 429 g/mol. The Morgan fingerprint density at radius 3 is 2.00 bits per heavy atom. The first-order valence-corrected chi connectivity index (χ1v) is 10.9. The summed E-state index contributed by atoms with van der Waals surface area (Å²) in [5, 5.41) is 0.